The highest BCUT2D eigenvalue weighted by molar-refractivity contribution is 5.72. The smallest absolute Gasteiger partial charge is 0.309 e. The van der Waals surface area contributed by atoms with Crippen LogP contribution in [0.25, 0.3) is 0 Å². The van der Waals surface area contributed by atoms with Crippen LogP contribution < -0.4 is 0 Å². The maximum atomic E-state index is 11.4. The van der Waals surface area contributed by atoms with Crippen molar-refractivity contribution < 1.29 is 19.1 Å². The fourth-order valence-corrected chi connectivity index (χ4v) is 2.22. The van der Waals surface area contributed by atoms with E-state index in [0.29, 0.717) is 12.3 Å². The lowest BCUT2D eigenvalue weighted by Crippen LogP contribution is -2.38. The third-order valence-electron chi connectivity index (χ3n) is 3.08. The predicted octanol–water partition coefficient (Wildman–Crippen LogP) is 2.06. The lowest BCUT2D eigenvalue weighted by atomic mass is 9.90. The Kier molecular flexibility index (Phi) is 4.77. The highest BCUT2D eigenvalue weighted by atomic mass is 16.6. The lowest BCUT2D eigenvalue weighted by Gasteiger charge is -2.32. The zero-order valence-electron chi connectivity index (χ0n) is 10.2. The van der Waals surface area contributed by atoms with Gasteiger partial charge in [0, 0.05) is 13.3 Å². The maximum Gasteiger partial charge on any atom is 0.309 e. The molecule has 0 spiro atoms. The first-order valence-corrected chi connectivity index (χ1v) is 5.93. The van der Waals surface area contributed by atoms with Gasteiger partial charge in [-0.25, -0.2) is 0 Å². The molecule has 1 rings (SSSR count). The van der Waals surface area contributed by atoms with Crippen LogP contribution in [0.1, 0.15) is 46.5 Å². The van der Waals surface area contributed by atoms with E-state index in [9.17, 15) is 9.59 Å². The minimum absolute atomic E-state index is 0.0967. The molecule has 0 N–H and O–H groups in total. The highest BCUT2D eigenvalue weighted by Crippen LogP contribution is 2.27. The Balaban J connectivity index is 2.59. The number of carbonyl (C=O) groups excluding carboxylic acids is 2. The molecule has 1 unspecified atom stereocenters. The van der Waals surface area contributed by atoms with E-state index in [1.807, 2.05) is 0 Å². The van der Waals surface area contributed by atoms with E-state index in [1.165, 1.54) is 6.92 Å². The monoisotopic (exact) mass is 228 g/mol. The predicted molar refractivity (Wildman–Crippen MR) is 58.7 cm³/mol. The second-order valence-corrected chi connectivity index (χ2v) is 4.28. The Hall–Kier alpha value is -1.06. The maximum absolute atomic E-state index is 11.4. The molecule has 0 bridgehead atoms. The molecule has 1 aliphatic heterocycles. The summed E-state index contributed by atoms with van der Waals surface area (Å²) >= 11 is 0. The molecule has 1 aliphatic rings. The van der Waals surface area contributed by atoms with Crippen molar-refractivity contribution in [2.24, 2.45) is 5.92 Å². The van der Waals surface area contributed by atoms with Crippen LogP contribution in [0.4, 0.5) is 0 Å². The second kappa shape index (κ2) is 5.87. The van der Waals surface area contributed by atoms with Crippen molar-refractivity contribution in [3.05, 3.63) is 0 Å². The minimum atomic E-state index is -0.331. The van der Waals surface area contributed by atoms with Crippen LogP contribution in [-0.4, -0.2) is 24.1 Å². The van der Waals surface area contributed by atoms with E-state index >= 15 is 0 Å². The van der Waals surface area contributed by atoms with Gasteiger partial charge in [-0.3, -0.25) is 9.59 Å². The van der Waals surface area contributed by atoms with E-state index in [0.717, 1.165) is 12.8 Å². The van der Waals surface area contributed by atoms with Crippen molar-refractivity contribution in [1.29, 1.82) is 0 Å². The molecule has 0 amide bonds. The quantitative estimate of drug-likeness (QED) is 0.691. The Morgan fingerprint density at radius 1 is 1.50 bits per heavy atom. The molecule has 92 valence electrons. The summed E-state index contributed by atoms with van der Waals surface area (Å²) < 4.78 is 10.4. The molecular weight excluding hydrogens is 208 g/mol. The van der Waals surface area contributed by atoms with Gasteiger partial charge in [0.25, 0.3) is 0 Å². The lowest BCUT2D eigenvalue weighted by molar-refractivity contribution is -0.171. The summed E-state index contributed by atoms with van der Waals surface area (Å²) in [7, 11) is 0. The minimum Gasteiger partial charge on any atom is -0.462 e. The molecule has 0 aliphatic carbocycles. The van der Waals surface area contributed by atoms with Crippen molar-refractivity contribution in [3.63, 3.8) is 0 Å². The number of hydrogen-bond donors (Lipinski definition) is 0. The summed E-state index contributed by atoms with van der Waals surface area (Å²) in [4.78, 5) is 22.2. The number of esters is 2. The van der Waals surface area contributed by atoms with Crippen molar-refractivity contribution in [1.82, 2.24) is 0 Å². The van der Waals surface area contributed by atoms with Crippen LogP contribution in [0.3, 0.4) is 0 Å². The molecule has 4 nitrogen and oxygen atoms in total. The Bertz CT molecular complexity index is 256. The average Bonchev–Trinajstić information content (AvgIpc) is 2.17. The first-order chi connectivity index (χ1) is 7.56. The summed E-state index contributed by atoms with van der Waals surface area (Å²) in [5, 5.41) is 0. The average molecular weight is 228 g/mol. The van der Waals surface area contributed by atoms with Crippen molar-refractivity contribution in [3.8, 4) is 0 Å². The highest BCUT2D eigenvalue weighted by Gasteiger charge is 2.33. The van der Waals surface area contributed by atoms with Gasteiger partial charge >= 0.3 is 11.9 Å². The summed E-state index contributed by atoms with van der Waals surface area (Å²) in [5.41, 5.74) is 0. The number of ether oxygens (including phenoxy) is 2. The van der Waals surface area contributed by atoms with E-state index in [4.69, 9.17) is 9.47 Å². The second-order valence-electron chi connectivity index (χ2n) is 4.28. The van der Waals surface area contributed by atoms with E-state index < -0.39 is 0 Å². The Morgan fingerprint density at radius 2 is 2.12 bits per heavy atom. The molecule has 0 aromatic rings. The van der Waals surface area contributed by atoms with Crippen molar-refractivity contribution in [2.75, 3.05) is 0 Å². The fraction of sp³-hybridized carbons (Fsp3) is 0.833. The summed E-state index contributed by atoms with van der Waals surface area (Å²) in [5.74, 6) is -0.222. The molecule has 0 radical (unpaired) electrons. The molecule has 16 heavy (non-hydrogen) atoms. The standard InChI is InChI=1S/C12H20O4/c1-4-9(5-2)11-6-10(15-8(3)13)7-12(14)16-11/h9-11H,4-7H2,1-3H3/t10-,11?/m1/s1. The number of cyclic esters (lactones) is 1. The zero-order chi connectivity index (χ0) is 12.1. The largest absolute Gasteiger partial charge is 0.462 e. The van der Waals surface area contributed by atoms with E-state index in [2.05, 4.69) is 13.8 Å². The van der Waals surface area contributed by atoms with E-state index in [-0.39, 0.29) is 30.6 Å². The van der Waals surface area contributed by atoms with Gasteiger partial charge < -0.3 is 9.47 Å². The van der Waals surface area contributed by atoms with E-state index in [1.54, 1.807) is 0 Å². The SMILES string of the molecule is CCC(CC)C1C[C@@H](OC(C)=O)CC(=O)O1. The zero-order valence-corrected chi connectivity index (χ0v) is 10.2. The van der Waals surface area contributed by atoms with Crippen LogP contribution in [0.15, 0.2) is 0 Å². The number of carbonyl (C=O) groups is 2. The van der Waals surface area contributed by atoms with Crippen LogP contribution in [0.5, 0.6) is 0 Å². The first-order valence-electron chi connectivity index (χ1n) is 5.93. The van der Waals surface area contributed by atoms with Gasteiger partial charge in [-0.05, 0) is 18.8 Å². The molecule has 1 fully saturated rings. The molecule has 1 saturated heterocycles. The third kappa shape index (κ3) is 3.51. The molecule has 0 saturated carbocycles. The van der Waals surface area contributed by atoms with Gasteiger partial charge in [-0.1, -0.05) is 13.8 Å². The first kappa shape index (κ1) is 13.0. The Morgan fingerprint density at radius 3 is 2.62 bits per heavy atom. The van der Waals surface area contributed by atoms with Gasteiger partial charge in [0.05, 0.1) is 6.42 Å². The Labute approximate surface area is 96.3 Å². The van der Waals surface area contributed by atoms with Crippen LogP contribution in [0.2, 0.25) is 0 Å². The van der Waals surface area contributed by atoms with Gasteiger partial charge in [0.2, 0.25) is 0 Å². The summed E-state index contributed by atoms with van der Waals surface area (Å²) in [6, 6.07) is 0. The van der Waals surface area contributed by atoms with Crippen LogP contribution in [-0.2, 0) is 19.1 Å². The molecule has 4 heteroatoms. The van der Waals surface area contributed by atoms with Crippen molar-refractivity contribution >= 4 is 11.9 Å². The normalized spacial score (nSPS) is 25.4. The molecule has 1 heterocycles. The van der Waals surface area contributed by atoms with Crippen LogP contribution >= 0.6 is 0 Å². The topological polar surface area (TPSA) is 52.6 Å². The summed E-state index contributed by atoms with van der Waals surface area (Å²) in [6.07, 6.45) is 2.38. The van der Waals surface area contributed by atoms with Crippen molar-refractivity contribution in [2.45, 2.75) is 58.7 Å². The van der Waals surface area contributed by atoms with Gasteiger partial charge in [0.15, 0.2) is 0 Å². The van der Waals surface area contributed by atoms with Crippen LogP contribution in [0, 0.1) is 5.92 Å². The molecular formula is C12H20O4. The van der Waals surface area contributed by atoms with Gasteiger partial charge in [-0.15, -0.1) is 0 Å². The third-order valence-corrected chi connectivity index (χ3v) is 3.08. The summed E-state index contributed by atoms with van der Waals surface area (Å²) in [6.45, 7) is 5.53. The molecule has 0 aromatic carbocycles. The number of rotatable bonds is 4. The number of hydrogen-bond acceptors (Lipinski definition) is 4. The molecule has 0 aromatic heterocycles. The van der Waals surface area contributed by atoms with Gasteiger partial charge in [-0.2, -0.15) is 0 Å². The fourth-order valence-electron chi connectivity index (χ4n) is 2.22. The molecule has 2 atom stereocenters. The van der Waals surface area contributed by atoms with Gasteiger partial charge in [0.1, 0.15) is 12.2 Å².